The van der Waals surface area contributed by atoms with Crippen molar-refractivity contribution in [2.24, 2.45) is 7.05 Å². The molecule has 21 heavy (non-hydrogen) atoms. The fraction of sp³-hybridized carbons (Fsp3) is 0.500. The van der Waals surface area contributed by atoms with E-state index in [0.29, 0.717) is 13.1 Å². The minimum absolute atomic E-state index is 0.138. The van der Waals surface area contributed by atoms with Crippen LogP contribution in [0.1, 0.15) is 23.3 Å². The molecule has 1 fully saturated rings. The van der Waals surface area contributed by atoms with Gasteiger partial charge in [-0.25, -0.2) is 17.9 Å². The molecular formula is C12H17N3O5S. The van der Waals surface area contributed by atoms with Crippen molar-refractivity contribution >= 4 is 21.9 Å². The predicted octanol–water partition coefficient (Wildman–Crippen LogP) is -0.376. The van der Waals surface area contributed by atoms with Gasteiger partial charge in [0.2, 0.25) is 15.9 Å². The number of hydrogen-bond donors (Lipinski definition) is 2. The molecule has 2 heterocycles. The number of amides is 1. The summed E-state index contributed by atoms with van der Waals surface area (Å²) < 4.78 is 27.5. The summed E-state index contributed by atoms with van der Waals surface area (Å²) in [4.78, 5) is 24.1. The molecule has 0 aromatic carbocycles. The Morgan fingerprint density at radius 2 is 1.95 bits per heavy atom. The molecule has 9 heteroatoms. The zero-order valence-corrected chi connectivity index (χ0v) is 12.4. The van der Waals surface area contributed by atoms with E-state index in [9.17, 15) is 18.0 Å². The fourth-order valence-corrected chi connectivity index (χ4v) is 3.26. The van der Waals surface area contributed by atoms with Crippen molar-refractivity contribution in [2.45, 2.75) is 17.7 Å². The maximum Gasteiger partial charge on any atom is 0.352 e. The van der Waals surface area contributed by atoms with Crippen molar-refractivity contribution in [3.8, 4) is 0 Å². The predicted molar refractivity (Wildman–Crippen MR) is 73.4 cm³/mol. The number of carbonyl (C=O) groups excluding carboxylic acids is 1. The smallest absolute Gasteiger partial charge is 0.352 e. The van der Waals surface area contributed by atoms with Crippen LogP contribution in [0.5, 0.6) is 0 Å². The quantitative estimate of drug-likeness (QED) is 0.770. The van der Waals surface area contributed by atoms with Crippen LogP contribution < -0.4 is 4.72 Å². The van der Waals surface area contributed by atoms with E-state index in [2.05, 4.69) is 4.72 Å². The summed E-state index contributed by atoms with van der Waals surface area (Å²) >= 11 is 0. The van der Waals surface area contributed by atoms with Crippen molar-refractivity contribution in [3.63, 3.8) is 0 Å². The number of carboxylic acid groups (broad SMARTS) is 1. The van der Waals surface area contributed by atoms with Gasteiger partial charge in [0.1, 0.15) is 10.6 Å². The molecule has 8 nitrogen and oxygen atoms in total. The van der Waals surface area contributed by atoms with Crippen molar-refractivity contribution in [3.05, 3.63) is 18.0 Å². The minimum atomic E-state index is -3.90. The van der Waals surface area contributed by atoms with Crippen molar-refractivity contribution < 1.29 is 23.1 Å². The molecule has 1 saturated heterocycles. The fourth-order valence-electron chi connectivity index (χ4n) is 2.21. The molecular weight excluding hydrogens is 298 g/mol. The highest BCUT2D eigenvalue weighted by molar-refractivity contribution is 7.89. The third-order valence-corrected chi connectivity index (χ3v) is 4.75. The van der Waals surface area contributed by atoms with Gasteiger partial charge in [-0.2, -0.15) is 0 Å². The van der Waals surface area contributed by atoms with Crippen LogP contribution in [0.15, 0.2) is 17.2 Å². The molecule has 1 aliphatic rings. The molecule has 2 rings (SSSR count). The van der Waals surface area contributed by atoms with Gasteiger partial charge in [0.15, 0.2) is 0 Å². The summed E-state index contributed by atoms with van der Waals surface area (Å²) in [7, 11) is -2.46. The Kier molecular flexibility index (Phi) is 4.33. The van der Waals surface area contributed by atoms with Crippen molar-refractivity contribution in [1.82, 2.24) is 14.2 Å². The minimum Gasteiger partial charge on any atom is -0.477 e. The van der Waals surface area contributed by atoms with Crippen LogP contribution >= 0.6 is 0 Å². The average molecular weight is 315 g/mol. The molecule has 0 unspecified atom stereocenters. The van der Waals surface area contributed by atoms with Gasteiger partial charge in [-0.15, -0.1) is 0 Å². The van der Waals surface area contributed by atoms with Crippen LogP contribution in [0.3, 0.4) is 0 Å². The molecule has 1 aromatic heterocycles. The normalized spacial score (nSPS) is 15.4. The van der Waals surface area contributed by atoms with Gasteiger partial charge >= 0.3 is 5.97 Å². The molecule has 0 spiro atoms. The van der Waals surface area contributed by atoms with E-state index < -0.39 is 16.0 Å². The molecule has 1 aliphatic heterocycles. The zero-order chi connectivity index (χ0) is 15.6. The number of carbonyl (C=O) groups is 2. The van der Waals surface area contributed by atoms with Crippen LogP contribution in [0.4, 0.5) is 0 Å². The van der Waals surface area contributed by atoms with Crippen LogP contribution in [0.25, 0.3) is 0 Å². The van der Waals surface area contributed by atoms with Crippen molar-refractivity contribution in [1.29, 1.82) is 0 Å². The second kappa shape index (κ2) is 5.86. The molecule has 1 aromatic rings. The molecule has 1 amide bonds. The first-order valence-electron chi connectivity index (χ1n) is 6.48. The van der Waals surface area contributed by atoms with Gasteiger partial charge in [0, 0.05) is 26.3 Å². The van der Waals surface area contributed by atoms with Crippen LogP contribution in [0.2, 0.25) is 0 Å². The molecule has 2 N–H and O–H groups in total. The molecule has 0 saturated carbocycles. The number of sulfonamides is 1. The first kappa shape index (κ1) is 15.5. The summed E-state index contributed by atoms with van der Waals surface area (Å²) in [6.07, 6.45) is 3.06. The number of rotatable bonds is 5. The maximum absolute atomic E-state index is 12.1. The zero-order valence-electron chi connectivity index (χ0n) is 11.6. The lowest BCUT2D eigenvalue weighted by atomic mass is 10.4. The number of carboxylic acids is 1. The monoisotopic (exact) mass is 315 g/mol. The number of nitrogens with zero attached hydrogens (tertiary/aromatic N) is 2. The van der Waals surface area contributed by atoms with Gasteiger partial charge in [0.25, 0.3) is 0 Å². The Balaban J connectivity index is 2.06. The number of nitrogens with one attached hydrogen (secondary N) is 1. The summed E-state index contributed by atoms with van der Waals surface area (Å²) in [5, 5.41) is 8.91. The average Bonchev–Trinajstić information content (AvgIpc) is 3.05. The maximum atomic E-state index is 12.1. The molecule has 116 valence electrons. The van der Waals surface area contributed by atoms with Gasteiger partial charge < -0.3 is 14.6 Å². The first-order valence-corrected chi connectivity index (χ1v) is 7.96. The number of aromatic nitrogens is 1. The van der Waals surface area contributed by atoms with Gasteiger partial charge in [0.05, 0.1) is 6.54 Å². The van der Waals surface area contributed by atoms with E-state index in [-0.39, 0.29) is 23.0 Å². The molecule has 0 atom stereocenters. The Bertz CT molecular complexity index is 658. The standard InChI is InChI=1S/C12H17N3O5S/c1-14-8-9(6-10(14)12(17)18)21(19,20)13-7-11(16)15-4-2-3-5-15/h6,8,13H,2-5,7H2,1H3,(H,17,18). The lowest BCUT2D eigenvalue weighted by Gasteiger charge is -2.15. The van der Waals surface area contributed by atoms with E-state index in [0.717, 1.165) is 18.9 Å². The Labute approximate surface area is 122 Å². The number of aryl methyl sites for hydroxylation is 1. The van der Waals surface area contributed by atoms with E-state index in [1.807, 2.05) is 0 Å². The summed E-state index contributed by atoms with van der Waals surface area (Å²) in [5.41, 5.74) is -0.138. The van der Waals surface area contributed by atoms with Gasteiger partial charge in [-0.05, 0) is 18.9 Å². The van der Waals surface area contributed by atoms with Crippen LogP contribution in [-0.4, -0.2) is 54.5 Å². The molecule has 0 radical (unpaired) electrons. The van der Waals surface area contributed by atoms with Crippen molar-refractivity contribution in [2.75, 3.05) is 19.6 Å². The largest absolute Gasteiger partial charge is 0.477 e. The van der Waals surface area contributed by atoms with E-state index in [4.69, 9.17) is 5.11 Å². The second-order valence-electron chi connectivity index (χ2n) is 4.89. The van der Waals surface area contributed by atoms with E-state index in [1.54, 1.807) is 4.90 Å². The summed E-state index contributed by atoms with van der Waals surface area (Å²) in [5.74, 6) is -1.49. The first-order chi connectivity index (χ1) is 9.81. The highest BCUT2D eigenvalue weighted by Crippen LogP contribution is 2.13. The Hall–Kier alpha value is -1.87. The number of likely N-dealkylation sites (tertiary alicyclic amines) is 1. The highest BCUT2D eigenvalue weighted by Gasteiger charge is 2.23. The van der Waals surface area contributed by atoms with Gasteiger partial charge in [-0.1, -0.05) is 0 Å². The highest BCUT2D eigenvalue weighted by atomic mass is 32.2. The number of aromatic carboxylic acids is 1. The lowest BCUT2D eigenvalue weighted by Crippen LogP contribution is -2.38. The molecule has 0 bridgehead atoms. The summed E-state index contributed by atoms with van der Waals surface area (Å²) in [6.45, 7) is 0.976. The topological polar surface area (TPSA) is 109 Å². The SMILES string of the molecule is Cn1cc(S(=O)(=O)NCC(=O)N2CCCC2)cc1C(=O)O. The van der Waals surface area contributed by atoms with Crippen LogP contribution in [0, 0.1) is 0 Å². The summed E-state index contributed by atoms with van der Waals surface area (Å²) in [6, 6.07) is 1.06. The lowest BCUT2D eigenvalue weighted by molar-refractivity contribution is -0.128. The van der Waals surface area contributed by atoms with E-state index in [1.165, 1.54) is 17.8 Å². The second-order valence-corrected chi connectivity index (χ2v) is 6.66. The van der Waals surface area contributed by atoms with Crippen LogP contribution in [-0.2, 0) is 21.9 Å². The van der Waals surface area contributed by atoms with E-state index >= 15 is 0 Å². The molecule has 0 aliphatic carbocycles. The third kappa shape index (κ3) is 3.42. The number of hydrogen-bond acceptors (Lipinski definition) is 4. The Morgan fingerprint density at radius 3 is 2.48 bits per heavy atom. The Morgan fingerprint density at radius 1 is 1.33 bits per heavy atom. The third-order valence-electron chi connectivity index (χ3n) is 3.38. The van der Waals surface area contributed by atoms with Gasteiger partial charge in [-0.3, -0.25) is 4.79 Å².